The summed E-state index contributed by atoms with van der Waals surface area (Å²) in [4.78, 5) is 26.0. The van der Waals surface area contributed by atoms with E-state index in [0.29, 0.717) is 17.5 Å². The largest absolute Gasteiger partial charge is 0.478 e. The van der Waals surface area contributed by atoms with Crippen molar-refractivity contribution in [1.29, 1.82) is 0 Å². The average Bonchev–Trinajstić information content (AvgIpc) is 3.29. The Hall–Kier alpha value is -1.84. The molecule has 2 fully saturated rings. The van der Waals surface area contributed by atoms with Gasteiger partial charge in [0.1, 0.15) is 0 Å². The lowest BCUT2D eigenvalue weighted by Gasteiger charge is -2.30. The normalized spacial score (nSPS) is 19.1. The molecule has 1 aromatic carbocycles. The first-order valence-corrected chi connectivity index (χ1v) is 7.65. The minimum atomic E-state index is -0.985. The van der Waals surface area contributed by atoms with Gasteiger partial charge >= 0.3 is 5.97 Å². The second-order valence-electron chi connectivity index (χ2n) is 6.41. The van der Waals surface area contributed by atoms with Gasteiger partial charge in [0.05, 0.1) is 5.56 Å². The van der Waals surface area contributed by atoms with Gasteiger partial charge in [-0.25, -0.2) is 4.79 Å². The van der Waals surface area contributed by atoms with Crippen molar-refractivity contribution in [2.45, 2.75) is 51.6 Å². The summed E-state index contributed by atoms with van der Waals surface area (Å²) in [7, 11) is 0. The highest BCUT2D eigenvalue weighted by Gasteiger charge is 2.41. The van der Waals surface area contributed by atoms with E-state index >= 15 is 0 Å². The number of carboxylic acid groups (broad SMARTS) is 1. The molecule has 0 bridgehead atoms. The lowest BCUT2D eigenvalue weighted by molar-refractivity contribution is 0.0654. The van der Waals surface area contributed by atoms with Gasteiger partial charge in [0.15, 0.2) is 0 Å². The number of rotatable bonds is 5. The quantitative estimate of drug-likeness (QED) is 0.905. The number of nitrogens with zero attached hydrogens (tertiary/aromatic N) is 1. The van der Waals surface area contributed by atoms with E-state index in [-0.39, 0.29) is 17.5 Å². The molecule has 0 radical (unpaired) electrons. The van der Waals surface area contributed by atoms with E-state index in [4.69, 9.17) is 5.11 Å². The Balaban J connectivity index is 1.90. The third kappa shape index (κ3) is 2.94. The van der Waals surface area contributed by atoms with E-state index in [1.165, 1.54) is 18.9 Å². The van der Waals surface area contributed by atoms with Gasteiger partial charge < -0.3 is 10.0 Å². The molecular weight excluding hydrogens is 266 g/mol. The zero-order valence-corrected chi connectivity index (χ0v) is 12.5. The van der Waals surface area contributed by atoms with Crippen LogP contribution < -0.4 is 0 Å². The molecule has 1 amide bonds. The molecule has 0 heterocycles. The number of hydrogen-bond donors (Lipinski definition) is 1. The molecule has 0 saturated heterocycles. The van der Waals surface area contributed by atoms with E-state index in [2.05, 4.69) is 6.92 Å². The Kier molecular flexibility index (Phi) is 3.47. The average molecular weight is 287 g/mol. The van der Waals surface area contributed by atoms with Crippen molar-refractivity contribution in [2.75, 3.05) is 0 Å². The van der Waals surface area contributed by atoms with Gasteiger partial charge in [-0.05, 0) is 69.2 Å². The minimum absolute atomic E-state index is 0.0110. The molecule has 1 aromatic rings. The van der Waals surface area contributed by atoms with E-state index in [1.54, 1.807) is 12.1 Å². The Labute approximate surface area is 124 Å². The van der Waals surface area contributed by atoms with Crippen LogP contribution in [0.15, 0.2) is 18.2 Å². The zero-order valence-electron chi connectivity index (χ0n) is 12.5. The maximum Gasteiger partial charge on any atom is 0.335 e. The van der Waals surface area contributed by atoms with Gasteiger partial charge in [-0.2, -0.15) is 0 Å². The second kappa shape index (κ2) is 5.17. The molecule has 21 heavy (non-hydrogen) atoms. The summed E-state index contributed by atoms with van der Waals surface area (Å²) in [5.41, 5.74) is 1.51. The van der Waals surface area contributed by atoms with Crippen LogP contribution in [0.5, 0.6) is 0 Å². The van der Waals surface area contributed by atoms with Crippen molar-refractivity contribution in [2.24, 2.45) is 5.92 Å². The molecule has 3 rings (SSSR count). The third-order valence-electron chi connectivity index (χ3n) is 4.49. The van der Waals surface area contributed by atoms with Gasteiger partial charge in [-0.3, -0.25) is 4.79 Å². The molecule has 2 aliphatic carbocycles. The molecular formula is C17H21NO3. The number of amides is 1. The monoisotopic (exact) mass is 287 g/mol. The summed E-state index contributed by atoms with van der Waals surface area (Å²) in [5.74, 6) is -0.373. The van der Waals surface area contributed by atoms with Crippen molar-refractivity contribution >= 4 is 11.9 Å². The maximum absolute atomic E-state index is 12.9. The molecule has 1 atom stereocenters. The Bertz CT molecular complexity index is 588. The van der Waals surface area contributed by atoms with Crippen LogP contribution in [0.25, 0.3) is 0 Å². The topological polar surface area (TPSA) is 57.6 Å². The van der Waals surface area contributed by atoms with Gasteiger partial charge in [-0.15, -0.1) is 0 Å². The molecule has 112 valence electrons. The molecule has 1 N–H and O–H groups in total. The molecule has 1 unspecified atom stereocenters. The van der Waals surface area contributed by atoms with Crippen LogP contribution in [0.1, 0.15) is 58.9 Å². The molecule has 4 heteroatoms. The summed E-state index contributed by atoms with van der Waals surface area (Å²) in [6.07, 6.45) is 4.54. The van der Waals surface area contributed by atoms with Crippen LogP contribution in [-0.2, 0) is 0 Å². The van der Waals surface area contributed by atoms with Crippen molar-refractivity contribution < 1.29 is 14.7 Å². The smallest absolute Gasteiger partial charge is 0.335 e. The summed E-state index contributed by atoms with van der Waals surface area (Å²) < 4.78 is 0. The highest BCUT2D eigenvalue weighted by atomic mass is 16.4. The maximum atomic E-state index is 12.9. The molecule has 0 aromatic heterocycles. The standard InChI is InChI=1S/C17H21NO3/c1-10-7-13(9-14(8-10)17(20)21)16(19)18(15-5-6-15)11(2)12-3-4-12/h7-9,11-12,15H,3-6H2,1-2H3,(H,20,21). The number of hydrogen-bond acceptors (Lipinski definition) is 2. The summed E-state index contributed by atoms with van der Waals surface area (Å²) in [6, 6.07) is 5.52. The highest BCUT2D eigenvalue weighted by molar-refractivity contribution is 5.98. The first-order chi connectivity index (χ1) is 9.97. The highest BCUT2D eigenvalue weighted by Crippen LogP contribution is 2.40. The second-order valence-corrected chi connectivity index (χ2v) is 6.41. The van der Waals surface area contributed by atoms with E-state index in [0.717, 1.165) is 18.4 Å². The van der Waals surface area contributed by atoms with Gasteiger partial charge in [0.2, 0.25) is 0 Å². The summed E-state index contributed by atoms with van der Waals surface area (Å²) >= 11 is 0. The van der Waals surface area contributed by atoms with E-state index in [1.807, 2.05) is 11.8 Å². The number of aromatic carboxylic acids is 1. The summed E-state index contributed by atoms with van der Waals surface area (Å²) in [5, 5.41) is 9.16. The SMILES string of the molecule is Cc1cc(C(=O)O)cc(C(=O)N(C2CC2)C(C)C2CC2)c1. The lowest BCUT2D eigenvalue weighted by atomic mass is 10.0. The Morgan fingerprint density at radius 3 is 2.29 bits per heavy atom. The lowest BCUT2D eigenvalue weighted by Crippen LogP contribution is -2.41. The first kappa shape index (κ1) is 14.1. The fourth-order valence-electron chi connectivity index (χ4n) is 3.02. The molecule has 2 aliphatic rings. The third-order valence-corrected chi connectivity index (χ3v) is 4.49. The van der Waals surface area contributed by atoms with Crippen molar-refractivity contribution in [3.63, 3.8) is 0 Å². The van der Waals surface area contributed by atoms with Gasteiger partial charge in [0, 0.05) is 17.6 Å². The van der Waals surface area contributed by atoms with Gasteiger partial charge in [0.25, 0.3) is 5.91 Å². The van der Waals surface area contributed by atoms with Crippen LogP contribution in [-0.4, -0.2) is 34.0 Å². The molecule has 0 aliphatic heterocycles. The van der Waals surface area contributed by atoms with Crippen LogP contribution in [0.2, 0.25) is 0 Å². The zero-order chi connectivity index (χ0) is 15.1. The Morgan fingerprint density at radius 2 is 1.76 bits per heavy atom. The van der Waals surface area contributed by atoms with Crippen LogP contribution in [0.4, 0.5) is 0 Å². The van der Waals surface area contributed by atoms with Gasteiger partial charge in [-0.1, -0.05) is 0 Å². The predicted octanol–water partition coefficient (Wildman–Crippen LogP) is 3.10. The number of carbonyl (C=O) groups excluding carboxylic acids is 1. The molecule has 0 spiro atoms. The van der Waals surface area contributed by atoms with Crippen LogP contribution in [0, 0.1) is 12.8 Å². The van der Waals surface area contributed by atoms with Crippen LogP contribution >= 0.6 is 0 Å². The number of carboxylic acids is 1. The molecule has 4 nitrogen and oxygen atoms in total. The molecule has 2 saturated carbocycles. The predicted molar refractivity (Wildman–Crippen MR) is 79.5 cm³/mol. The fourth-order valence-corrected chi connectivity index (χ4v) is 3.02. The number of carbonyl (C=O) groups is 2. The Morgan fingerprint density at radius 1 is 1.14 bits per heavy atom. The first-order valence-electron chi connectivity index (χ1n) is 7.65. The summed E-state index contributed by atoms with van der Waals surface area (Å²) in [6.45, 7) is 3.96. The number of benzene rings is 1. The van der Waals surface area contributed by atoms with Crippen molar-refractivity contribution in [1.82, 2.24) is 4.90 Å². The van der Waals surface area contributed by atoms with E-state index < -0.39 is 5.97 Å². The minimum Gasteiger partial charge on any atom is -0.478 e. The van der Waals surface area contributed by atoms with Crippen molar-refractivity contribution in [3.05, 3.63) is 34.9 Å². The van der Waals surface area contributed by atoms with Crippen LogP contribution in [0.3, 0.4) is 0 Å². The van der Waals surface area contributed by atoms with Crippen molar-refractivity contribution in [3.8, 4) is 0 Å². The fraction of sp³-hybridized carbons (Fsp3) is 0.529. The number of aryl methyl sites for hydroxylation is 1. The van der Waals surface area contributed by atoms with E-state index in [9.17, 15) is 9.59 Å².